The average molecular weight is 564 g/mol. The van der Waals surface area contributed by atoms with Crippen LogP contribution in [0.4, 0.5) is 0 Å². The van der Waals surface area contributed by atoms with E-state index in [9.17, 15) is 4.79 Å². The monoisotopic (exact) mass is 563 g/mol. The Balaban J connectivity index is 0.00000480. The molecule has 2 rings (SSSR count). The number of benzene rings is 1. The highest BCUT2D eigenvalue weighted by Crippen LogP contribution is 2.20. The van der Waals surface area contributed by atoms with Crippen molar-refractivity contribution < 1.29 is 4.79 Å². The molecule has 1 saturated heterocycles. The number of hydrogen-bond acceptors (Lipinski definition) is 3. The fourth-order valence-corrected chi connectivity index (χ4v) is 4.13. The zero-order valence-corrected chi connectivity index (χ0v) is 22.6. The predicted molar refractivity (Wildman–Crippen MR) is 141 cm³/mol. The maximum absolute atomic E-state index is 12.6. The summed E-state index contributed by atoms with van der Waals surface area (Å²) in [5, 5.41) is 7.75. The summed E-state index contributed by atoms with van der Waals surface area (Å²) >= 11 is 6.03. The van der Waals surface area contributed by atoms with Gasteiger partial charge in [-0.15, -0.1) is 24.0 Å². The third-order valence-corrected chi connectivity index (χ3v) is 6.30. The normalized spacial score (nSPS) is 16.3. The SMILES string of the molecule is CCC(CC)C(=O)N1CCC(NC(=NC)NCC(c2ccc(Cl)cc2)N(C)C)CC1.I. The van der Waals surface area contributed by atoms with Gasteiger partial charge in [-0.25, -0.2) is 0 Å². The van der Waals surface area contributed by atoms with Crippen molar-refractivity contribution in [2.75, 3.05) is 40.8 Å². The maximum atomic E-state index is 12.6. The second kappa shape index (κ2) is 14.2. The van der Waals surface area contributed by atoms with E-state index in [4.69, 9.17) is 11.6 Å². The average Bonchev–Trinajstić information content (AvgIpc) is 2.75. The molecule has 8 heteroatoms. The second-order valence-corrected chi connectivity index (χ2v) is 8.68. The summed E-state index contributed by atoms with van der Waals surface area (Å²) in [5.41, 5.74) is 1.21. The molecule has 0 saturated carbocycles. The summed E-state index contributed by atoms with van der Waals surface area (Å²) in [6, 6.07) is 8.53. The van der Waals surface area contributed by atoms with Crippen molar-refractivity contribution in [1.29, 1.82) is 0 Å². The van der Waals surface area contributed by atoms with Crippen molar-refractivity contribution in [2.24, 2.45) is 10.9 Å². The molecule has 1 aromatic carbocycles. The van der Waals surface area contributed by atoms with Crippen LogP contribution in [0.15, 0.2) is 29.3 Å². The summed E-state index contributed by atoms with van der Waals surface area (Å²) in [4.78, 5) is 21.2. The Morgan fingerprint density at radius 2 is 1.77 bits per heavy atom. The number of nitrogens with one attached hydrogen (secondary N) is 2. The molecule has 0 bridgehead atoms. The van der Waals surface area contributed by atoms with Gasteiger partial charge in [0.2, 0.25) is 5.91 Å². The van der Waals surface area contributed by atoms with Crippen LogP contribution in [0.3, 0.4) is 0 Å². The van der Waals surface area contributed by atoms with Gasteiger partial charge in [-0.1, -0.05) is 37.6 Å². The highest BCUT2D eigenvalue weighted by atomic mass is 127. The zero-order valence-electron chi connectivity index (χ0n) is 19.5. The van der Waals surface area contributed by atoms with E-state index in [1.165, 1.54) is 5.56 Å². The first-order valence-electron chi connectivity index (χ1n) is 11.1. The van der Waals surface area contributed by atoms with Crippen LogP contribution in [0.2, 0.25) is 5.02 Å². The number of amides is 1. The lowest BCUT2D eigenvalue weighted by molar-refractivity contribution is -0.136. The number of rotatable bonds is 8. The molecular formula is C23H39ClIN5O. The number of carbonyl (C=O) groups is 1. The smallest absolute Gasteiger partial charge is 0.225 e. The standard InChI is InChI=1S/C23H38ClN5O.HI/c1-6-17(7-2)22(30)29-14-12-20(13-15-29)27-23(25-3)26-16-21(28(4)5)18-8-10-19(24)11-9-18;/h8-11,17,20-21H,6-7,12-16H2,1-5H3,(H2,25,26,27);1H. The number of halogens is 2. The van der Waals surface area contributed by atoms with Gasteiger partial charge in [0.25, 0.3) is 0 Å². The van der Waals surface area contributed by atoms with Gasteiger partial charge in [-0.3, -0.25) is 9.79 Å². The molecule has 1 atom stereocenters. The van der Waals surface area contributed by atoms with E-state index in [0.717, 1.165) is 56.3 Å². The number of likely N-dealkylation sites (N-methyl/N-ethyl adjacent to an activating group) is 1. The fraction of sp³-hybridized carbons (Fsp3) is 0.652. The lowest BCUT2D eigenvalue weighted by Crippen LogP contribution is -2.51. The molecule has 6 nitrogen and oxygen atoms in total. The predicted octanol–water partition coefficient (Wildman–Crippen LogP) is 4.15. The van der Waals surface area contributed by atoms with E-state index >= 15 is 0 Å². The van der Waals surface area contributed by atoms with Gasteiger partial charge < -0.3 is 20.4 Å². The Morgan fingerprint density at radius 1 is 1.19 bits per heavy atom. The van der Waals surface area contributed by atoms with Crippen molar-refractivity contribution in [3.05, 3.63) is 34.9 Å². The number of guanidine groups is 1. The van der Waals surface area contributed by atoms with Crippen molar-refractivity contribution in [3.8, 4) is 0 Å². The largest absolute Gasteiger partial charge is 0.354 e. The highest BCUT2D eigenvalue weighted by Gasteiger charge is 2.27. The molecule has 1 aliphatic heterocycles. The summed E-state index contributed by atoms with van der Waals surface area (Å²) in [6.45, 7) is 6.56. The Kier molecular flexibility index (Phi) is 12.8. The van der Waals surface area contributed by atoms with Gasteiger partial charge in [0.05, 0.1) is 6.04 Å². The molecule has 1 amide bonds. The maximum Gasteiger partial charge on any atom is 0.225 e. The van der Waals surface area contributed by atoms with E-state index in [0.29, 0.717) is 11.9 Å². The molecule has 0 spiro atoms. The van der Waals surface area contributed by atoms with Crippen LogP contribution in [0.1, 0.15) is 51.1 Å². The van der Waals surface area contributed by atoms with Crippen LogP contribution in [-0.4, -0.2) is 68.5 Å². The molecule has 1 aromatic rings. The van der Waals surface area contributed by atoms with Crippen molar-refractivity contribution >= 4 is 47.4 Å². The van der Waals surface area contributed by atoms with Gasteiger partial charge in [-0.05, 0) is 57.5 Å². The summed E-state index contributed by atoms with van der Waals surface area (Å²) in [7, 11) is 5.95. The molecular weight excluding hydrogens is 525 g/mol. The van der Waals surface area contributed by atoms with Crippen LogP contribution in [0.5, 0.6) is 0 Å². The number of hydrogen-bond donors (Lipinski definition) is 2. The number of piperidine rings is 1. The Labute approximate surface area is 210 Å². The quantitative estimate of drug-likeness (QED) is 0.283. The van der Waals surface area contributed by atoms with E-state index in [1.807, 2.05) is 17.0 Å². The topological polar surface area (TPSA) is 60.0 Å². The van der Waals surface area contributed by atoms with Crippen LogP contribution in [0.25, 0.3) is 0 Å². The zero-order chi connectivity index (χ0) is 22.1. The minimum absolute atomic E-state index is 0. The molecule has 2 N–H and O–H groups in total. The van der Waals surface area contributed by atoms with Crippen LogP contribution in [-0.2, 0) is 4.79 Å². The Bertz CT molecular complexity index is 686. The second-order valence-electron chi connectivity index (χ2n) is 8.24. The molecule has 0 aliphatic carbocycles. The molecule has 1 unspecified atom stereocenters. The van der Waals surface area contributed by atoms with Crippen molar-refractivity contribution in [3.63, 3.8) is 0 Å². The van der Waals surface area contributed by atoms with Crippen LogP contribution in [0, 0.1) is 5.92 Å². The fourth-order valence-electron chi connectivity index (χ4n) is 4.01. The summed E-state index contributed by atoms with van der Waals surface area (Å²) in [5.74, 6) is 1.29. The molecule has 0 radical (unpaired) electrons. The molecule has 0 aromatic heterocycles. The molecule has 1 aliphatic rings. The number of carbonyl (C=O) groups excluding carboxylic acids is 1. The lowest BCUT2D eigenvalue weighted by Gasteiger charge is -2.35. The first-order chi connectivity index (χ1) is 14.4. The summed E-state index contributed by atoms with van der Waals surface area (Å²) < 4.78 is 0. The van der Waals surface area contributed by atoms with Crippen molar-refractivity contribution in [2.45, 2.75) is 51.6 Å². The van der Waals surface area contributed by atoms with Gasteiger partial charge in [0, 0.05) is 43.7 Å². The first kappa shape index (κ1) is 28.0. The van der Waals surface area contributed by atoms with E-state index < -0.39 is 0 Å². The number of aliphatic imine (C=N–C) groups is 1. The van der Waals surface area contributed by atoms with Gasteiger partial charge in [0.1, 0.15) is 0 Å². The summed E-state index contributed by atoms with van der Waals surface area (Å²) in [6.07, 6.45) is 3.73. The molecule has 176 valence electrons. The Morgan fingerprint density at radius 3 is 2.26 bits per heavy atom. The molecule has 1 heterocycles. The van der Waals surface area contributed by atoms with Gasteiger partial charge >= 0.3 is 0 Å². The number of nitrogens with zero attached hydrogens (tertiary/aromatic N) is 3. The van der Waals surface area contributed by atoms with Crippen LogP contribution >= 0.6 is 35.6 Å². The van der Waals surface area contributed by atoms with E-state index in [-0.39, 0.29) is 35.9 Å². The van der Waals surface area contributed by atoms with Crippen LogP contribution < -0.4 is 10.6 Å². The molecule has 31 heavy (non-hydrogen) atoms. The Hall–Kier alpha value is -1.06. The third kappa shape index (κ3) is 8.42. The van der Waals surface area contributed by atoms with Gasteiger partial charge in [-0.2, -0.15) is 0 Å². The first-order valence-corrected chi connectivity index (χ1v) is 11.4. The van der Waals surface area contributed by atoms with E-state index in [2.05, 4.69) is 60.6 Å². The molecule has 1 fully saturated rings. The van der Waals surface area contributed by atoms with Gasteiger partial charge in [0.15, 0.2) is 5.96 Å². The minimum atomic E-state index is 0. The lowest BCUT2D eigenvalue weighted by atomic mass is 9.98. The van der Waals surface area contributed by atoms with Crippen molar-refractivity contribution in [1.82, 2.24) is 20.4 Å². The van der Waals surface area contributed by atoms with E-state index in [1.54, 1.807) is 7.05 Å². The number of likely N-dealkylation sites (tertiary alicyclic amines) is 1. The third-order valence-electron chi connectivity index (χ3n) is 6.05. The minimum Gasteiger partial charge on any atom is -0.354 e. The highest BCUT2D eigenvalue weighted by molar-refractivity contribution is 14.0.